The molecule has 2 nitrogen and oxygen atoms in total. The number of amides is 1. The first-order valence-corrected chi connectivity index (χ1v) is 7.34. The second-order valence-corrected chi connectivity index (χ2v) is 6.58. The van der Waals surface area contributed by atoms with Gasteiger partial charge in [-0.3, -0.25) is 4.79 Å². The van der Waals surface area contributed by atoms with Crippen molar-refractivity contribution in [3.8, 4) is 0 Å². The number of anilines is 1. The first-order chi connectivity index (χ1) is 9.39. The average Bonchev–Trinajstić information content (AvgIpc) is 2.40. The van der Waals surface area contributed by atoms with Crippen molar-refractivity contribution in [2.45, 2.75) is 26.2 Å². The van der Waals surface area contributed by atoms with Crippen LogP contribution in [0.3, 0.4) is 0 Å². The number of hydrogen-bond acceptors (Lipinski definition) is 1. The van der Waals surface area contributed by atoms with E-state index in [1.807, 2.05) is 48.5 Å². The van der Waals surface area contributed by atoms with Gasteiger partial charge in [-0.1, -0.05) is 51.1 Å². The summed E-state index contributed by atoms with van der Waals surface area (Å²) < 4.78 is 0.876. The van der Waals surface area contributed by atoms with E-state index in [9.17, 15) is 4.79 Å². The summed E-state index contributed by atoms with van der Waals surface area (Å²) in [7, 11) is 0. The third-order valence-corrected chi connectivity index (χ3v) is 3.79. The molecule has 0 bridgehead atoms. The fraction of sp³-hybridized carbons (Fsp3) is 0.235. The van der Waals surface area contributed by atoms with Crippen molar-refractivity contribution in [1.82, 2.24) is 0 Å². The Morgan fingerprint density at radius 1 is 1.00 bits per heavy atom. The quantitative estimate of drug-likeness (QED) is 0.824. The summed E-state index contributed by atoms with van der Waals surface area (Å²) in [4.78, 5) is 12.5. The third-order valence-electron chi connectivity index (χ3n) is 3.10. The van der Waals surface area contributed by atoms with Gasteiger partial charge in [-0.2, -0.15) is 0 Å². The van der Waals surface area contributed by atoms with E-state index in [0.29, 0.717) is 0 Å². The van der Waals surface area contributed by atoms with Crippen molar-refractivity contribution in [2.75, 3.05) is 5.32 Å². The Kier molecular flexibility index (Phi) is 4.29. The highest BCUT2D eigenvalue weighted by atomic mass is 79.9. The number of carbonyl (C=O) groups excluding carboxylic acids is 1. The van der Waals surface area contributed by atoms with Gasteiger partial charge < -0.3 is 5.32 Å². The molecule has 0 radical (unpaired) electrons. The lowest BCUT2D eigenvalue weighted by atomic mass is 9.83. The molecule has 2 aromatic rings. The zero-order valence-electron chi connectivity index (χ0n) is 11.9. The van der Waals surface area contributed by atoms with Gasteiger partial charge in [-0.15, -0.1) is 0 Å². The van der Waals surface area contributed by atoms with Crippen molar-refractivity contribution < 1.29 is 4.79 Å². The molecule has 104 valence electrons. The van der Waals surface area contributed by atoms with Crippen LogP contribution in [0.25, 0.3) is 0 Å². The van der Waals surface area contributed by atoms with Crippen LogP contribution in [0.15, 0.2) is 53.0 Å². The van der Waals surface area contributed by atoms with E-state index in [1.165, 1.54) is 0 Å². The number of benzene rings is 2. The molecule has 20 heavy (non-hydrogen) atoms. The molecule has 0 spiro atoms. The molecule has 0 saturated carbocycles. The second kappa shape index (κ2) is 5.80. The molecule has 0 fully saturated rings. The summed E-state index contributed by atoms with van der Waals surface area (Å²) in [5, 5.41) is 2.95. The fourth-order valence-electron chi connectivity index (χ4n) is 2.09. The van der Waals surface area contributed by atoms with Crippen LogP contribution in [0.5, 0.6) is 0 Å². The zero-order chi connectivity index (χ0) is 14.8. The summed E-state index contributed by atoms with van der Waals surface area (Å²) >= 11 is 3.44. The maximum atomic E-state index is 12.5. The monoisotopic (exact) mass is 331 g/mol. The van der Waals surface area contributed by atoms with Gasteiger partial charge in [0.05, 0.1) is 5.69 Å². The van der Waals surface area contributed by atoms with Crippen LogP contribution >= 0.6 is 15.9 Å². The second-order valence-electron chi connectivity index (χ2n) is 5.73. The maximum Gasteiger partial charge on any atom is 0.255 e. The lowest BCUT2D eigenvalue weighted by molar-refractivity contribution is 0.102. The Hall–Kier alpha value is -1.61. The number of carbonyl (C=O) groups is 1. The van der Waals surface area contributed by atoms with Gasteiger partial charge in [0.15, 0.2) is 0 Å². The SMILES string of the molecule is CC(C)(C)c1ccccc1C(=O)Nc1ccccc1Br. The van der Waals surface area contributed by atoms with Gasteiger partial charge in [0.1, 0.15) is 0 Å². The summed E-state index contributed by atoms with van der Waals surface area (Å²) in [6.45, 7) is 6.33. The molecule has 0 atom stereocenters. The van der Waals surface area contributed by atoms with Gasteiger partial charge in [0, 0.05) is 10.0 Å². The number of para-hydroxylation sites is 1. The molecular formula is C17H18BrNO. The van der Waals surface area contributed by atoms with Crippen molar-refractivity contribution in [1.29, 1.82) is 0 Å². The van der Waals surface area contributed by atoms with Crippen molar-refractivity contribution >= 4 is 27.5 Å². The van der Waals surface area contributed by atoms with Crippen molar-refractivity contribution in [3.05, 3.63) is 64.1 Å². The Balaban J connectivity index is 2.34. The molecule has 0 aliphatic carbocycles. The van der Waals surface area contributed by atoms with Gasteiger partial charge in [-0.25, -0.2) is 0 Å². The first kappa shape index (κ1) is 14.8. The topological polar surface area (TPSA) is 29.1 Å². The van der Waals surface area contributed by atoms with E-state index in [4.69, 9.17) is 0 Å². The smallest absolute Gasteiger partial charge is 0.255 e. The van der Waals surface area contributed by atoms with Gasteiger partial charge >= 0.3 is 0 Å². The normalized spacial score (nSPS) is 11.2. The molecule has 0 saturated heterocycles. The Morgan fingerprint density at radius 2 is 1.60 bits per heavy atom. The highest BCUT2D eigenvalue weighted by Crippen LogP contribution is 2.27. The predicted octanol–water partition coefficient (Wildman–Crippen LogP) is 5.00. The minimum Gasteiger partial charge on any atom is -0.321 e. The minimum atomic E-state index is -0.0811. The Bertz CT molecular complexity index is 629. The van der Waals surface area contributed by atoms with Crippen LogP contribution < -0.4 is 5.32 Å². The minimum absolute atomic E-state index is 0.0676. The molecule has 0 aliphatic heterocycles. The third kappa shape index (κ3) is 3.28. The molecule has 3 heteroatoms. The van der Waals surface area contributed by atoms with E-state index in [1.54, 1.807) is 0 Å². The molecule has 0 heterocycles. The fourth-order valence-corrected chi connectivity index (χ4v) is 2.47. The largest absolute Gasteiger partial charge is 0.321 e. The number of hydrogen-bond donors (Lipinski definition) is 1. The molecule has 0 unspecified atom stereocenters. The Morgan fingerprint density at radius 3 is 2.25 bits per heavy atom. The van der Waals surface area contributed by atoms with Crippen LogP contribution in [-0.2, 0) is 5.41 Å². The molecule has 0 aromatic heterocycles. The standard InChI is InChI=1S/C17H18BrNO/c1-17(2,3)13-9-5-4-8-12(13)16(20)19-15-11-7-6-10-14(15)18/h4-11H,1-3H3,(H,19,20). The van der Waals surface area contributed by atoms with Crippen LogP contribution in [0.4, 0.5) is 5.69 Å². The summed E-state index contributed by atoms with van der Waals surface area (Å²) in [5.41, 5.74) is 2.48. The maximum absolute atomic E-state index is 12.5. The molecule has 1 amide bonds. The number of halogens is 1. The molecule has 1 N–H and O–H groups in total. The van der Waals surface area contributed by atoms with Crippen LogP contribution in [-0.4, -0.2) is 5.91 Å². The molecule has 2 rings (SSSR count). The lowest BCUT2D eigenvalue weighted by Gasteiger charge is -2.22. The summed E-state index contributed by atoms with van der Waals surface area (Å²) in [6, 6.07) is 15.3. The first-order valence-electron chi connectivity index (χ1n) is 6.55. The highest BCUT2D eigenvalue weighted by molar-refractivity contribution is 9.10. The highest BCUT2D eigenvalue weighted by Gasteiger charge is 2.21. The van der Waals surface area contributed by atoms with E-state index in [0.717, 1.165) is 21.3 Å². The van der Waals surface area contributed by atoms with Gasteiger partial charge in [-0.05, 0) is 45.1 Å². The van der Waals surface area contributed by atoms with Crippen molar-refractivity contribution in [3.63, 3.8) is 0 Å². The average molecular weight is 332 g/mol. The van der Waals surface area contributed by atoms with E-state index in [2.05, 4.69) is 42.0 Å². The number of rotatable bonds is 2. The molecule has 2 aromatic carbocycles. The van der Waals surface area contributed by atoms with Gasteiger partial charge in [0.2, 0.25) is 0 Å². The number of nitrogens with one attached hydrogen (secondary N) is 1. The lowest BCUT2D eigenvalue weighted by Crippen LogP contribution is -2.21. The van der Waals surface area contributed by atoms with Crippen LogP contribution in [0.2, 0.25) is 0 Å². The van der Waals surface area contributed by atoms with Crippen molar-refractivity contribution in [2.24, 2.45) is 0 Å². The Labute approximate surface area is 128 Å². The molecule has 0 aliphatic rings. The predicted molar refractivity (Wildman–Crippen MR) is 87.2 cm³/mol. The van der Waals surface area contributed by atoms with E-state index in [-0.39, 0.29) is 11.3 Å². The van der Waals surface area contributed by atoms with Crippen LogP contribution in [0, 0.1) is 0 Å². The summed E-state index contributed by atoms with van der Waals surface area (Å²) in [5.74, 6) is -0.0811. The zero-order valence-corrected chi connectivity index (χ0v) is 13.5. The summed E-state index contributed by atoms with van der Waals surface area (Å²) in [6.07, 6.45) is 0. The van der Waals surface area contributed by atoms with E-state index < -0.39 is 0 Å². The molecular weight excluding hydrogens is 314 g/mol. The van der Waals surface area contributed by atoms with Crippen LogP contribution in [0.1, 0.15) is 36.7 Å². The van der Waals surface area contributed by atoms with E-state index >= 15 is 0 Å². The van der Waals surface area contributed by atoms with Gasteiger partial charge in [0.25, 0.3) is 5.91 Å².